The van der Waals surface area contributed by atoms with Crippen molar-refractivity contribution in [1.29, 1.82) is 0 Å². The predicted octanol–water partition coefficient (Wildman–Crippen LogP) is 4.69. The Hall–Kier alpha value is -2.33. The Balaban J connectivity index is 1.12. The maximum absolute atomic E-state index is 12.3. The van der Waals surface area contributed by atoms with E-state index in [4.69, 9.17) is 4.74 Å². The summed E-state index contributed by atoms with van der Waals surface area (Å²) in [5.41, 5.74) is 5.02. The van der Waals surface area contributed by atoms with Gasteiger partial charge in [-0.3, -0.25) is 0 Å². The molecule has 4 heteroatoms. The SMILES string of the molecule is O=C(NCCC1CCNC(C2CC2)C1)OCC1c2ccccc2-c2ccccc21. The second-order valence-corrected chi connectivity index (χ2v) is 8.83. The first-order valence-corrected chi connectivity index (χ1v) is 11.1. The zero-order valence-corrected chi connectivity index (χ0v) is 16.9. The van der Waals surface area contributed by atoms with E-state index in [1.807, 2.05) is 0 Å². The molecule has 2 aromatic carbocycles. The summed E-state index contributed by atoms with van der Waals surface area (Å²) in [5.74, 6) is 1.75. The van der Waals surface area contributed by atoms with E-state index in [0.29, 0.717) is 19.2 Å². The second kappa shape index (κ2) is 8.19. The maximum atomic E-state index is 12.3. The molecule has 2 aromatic rings. The van der Waals surface area contributed by atoms with Crippen molar-refractivity contribution in [2.75, 3.05) is 19.7 Å². The van der Waals surface area contributed by atoms with Gasteiger partial charge in [0.1, 0.15) is 6.61 Å². The van der Waals surface area contributed by atoms with Crippen molar-refractivity contribution in [1.82, 2.24) is 10.6 Å². The van der Waals surface area contributed by atoms with Gasteiger partial charge in [-0.25, -0.2) is 4.79 Å². The lowest BCUT2D eigenvalue weighted by Gasteiger charge is -2.30. The number of nitrogens with one attached hydrogen (secondary N) is 2. The van der Waals surface area contributed by atoms with E-state index < -0.39 is 0 Å². The zero-order chi connectivity index (χ0) is 19.6. The van der Waals surface area contributed by atoms with Crippen molar-refractivity contribution in [3.05, 3.63) is 59.7 Å². The molecule has 1 heterocycles. The van der Waals surface area contributed by atoms with E-state index in [9.17, 15) is 4.79 Å². The van der Waals surface area contributed by atoms with Crippen molar-refractivity contribution in [3.63, 3.8) is 0 Å². The topological polar surface area (TPSA) is 50.4 Å². The van der Waals surface area contributed by atoms with Gasteiger partial charge in [0.2, 0.25) is 0 Å². The molecule has 2 fully saturated rings. The summed E-state index contributed by atoms with van der Waals surface area (Å²) in [6.45, 7) is 2.21. The fourth-order valence-corrected chi connectivity index (χ4v) is 5.18. The molecule has 1 saturated heterocycles. The molecular formula is C25H30N2O2. The van der Waals surface area contributed by atoms with Crippen LogP contribution < -0.4 is 10.6 Å². The van der Waals surface area contributed by atoms with Crippen LogP contribution in [0.2, 0.25) is 0 Å². The first kappa shape index (κ1) is 18.7. The van der Waals surface area contributed by atoms with Gasteiger partial charge in [0.05, 0.1) is 0 Å². The van der Waals surface area contributed by atoms with Crippen LogP contribution >= 0.6 is 0 Å². The van der Waals surface area contributed by atoms with E-state index in [-0.39, 0.29) is 12.0 Å². The van der Waals surface area contributed by atoms with Gasteiger partial charge in [-0.15, -0.1) is 0 Å². The van der Waals surface area contributed by atoms with Gasteiger partial charge in [0.15, 0.2) is 0 Å². The molecule has 5 rings (SSSR count). The minimum Gasteiger partial charge on any atom is -0.449 e. The summed E-state index contributed by atoms with van der Waals surface area (Å²) in [5, 5.41) is 6.65. The number of fused-ring (bicyclic) bond motifs is 3. The highest BCUT2D eigenvalue weighted by atomic mass is 16.5. The molecule has 2 aliphatic carbocycles. The summed E-state index contributed by atoms with van der Waals surface area (Å²) in [4.78, 5) is 12.3. The van der Waals surface area contributed by atoms with E-state index in [0.717, 1.165) is 24.8 Å². The van der Waals surface area contributed by atoms with Crippen LogP contribution in [0.3, 0.4) is 0 Å². The maximum Gasteiger partial charge on any atom is 0.407 e. The lowest BCUT2D eigenvalue weighted by Crippen LogP contribution is -2.40. The largest absolute Gasteiger partial charge is 0.449 e. The number of carbonyl (C=O) groups excluding carboxylic acids is 1. The number of ether oxygens (including phenoxy) is 1. The summed E-state index contributed by atoms with van der Waals surface area (Å²) in [7, 11) is 0. The van der Waals surface area contributed by atoms with Crippen molar-refractivity contribution >= 4 is 6.09 Å². The molecule has 1 saturated carbocycles. The van der Waals surface area contributed by atoms with Crippen LogP contribution in [0, 0.1) is 11.8 Å². The summed E-state index contributed by atoms with van der Waals surface area (Å²) in [6.07, 6.45) is 6.02. The molecule has 152 valence electrons. The Morgan fingerprint density at radius 2 is 1.69 bits per heavy atom. The highest BCUT2D eigenvalue weighted by molar-refractivity contribution is 5.79. The number of hydrogen-bond donors (Lipinski definition) is 2. The monoisotopic (exact) mass is 390 g/mol. The van der Waals surface area contributed by atoms with Gasteiger partial charge in [0.25, 0.3) is 0 Å². The molecule has 0 aromatic heterocycles. The Bertz CT molecular complexity index is 831. The van der Waals surface area contributed by atoms with Crippen LogP contribution in [0.15, 0.2) is 48.5 Å². The van der Waals surface area contributed by atoms with E-state index in [1.54, 1.807) is 0 Å². The third-order valence-electron chi connectivity index (χ3n) is 6.90. The van der Waals surface area contributed by atoms with Crippen molar-refractivity contribution in [2.45, 2.75) is 44.1 Å². The molecule has 2 unspecified atom stereocenters. The minimum atomic E-state index is -0.292. The van der Waals surface area contributed by atoms with Crippen molar-refractivity contribution in [2.24, 2.45) is 11.8 Å². The van der Waals surface area contributed by atoms with Crippen molar-refractivity contribution in [3.8, 4) is 11.1 Å². The summed E-state index contributed by atoms with van der Waals surface area (Å²) in [6, 6.07) is 17.6. The standard InChI is InChI=1S/C25H30N2O2/c28-25(27-14-12-17-11-13-26-24(15-17)18-9-10-18)29-16-23-21-7-3-1-5-19(21)20-6-2-4-8-22(20)23/h1-8,17-18,23-24,26H,9-16H2,(H,27,28). The van der Waals surface area contributed by atoms with Gasteiger partial charge in [0, 0.05) is 18.5 Å². The molecule has 1 amide bonds. The molecule has 0 bridgehead atoms. The number of alkyl carbamates (subject to hydrolysis) is 1. The fourth-order valence-electron chi connectivity index (χ4n) is 5.18. The Kier molecular flexibility index (Phi) is 5.28. The average molecular weight is 391 g/mol. The first-order chi connectivity index (χ1) is 14.3. The smallest absolute Gasteiger partial charge is 0.407 e. The van der Waals surface area contributed by atoms with Gasteiger partial charge in [-0.1, -0.05) is 48.5 Å². The number of rotatable bonds is 6. The Labute approximate surface area is 173 Å². The van der Waals surface area contributed by atoms with Gasteiger partial charge in [-0.05, 0) is 72.7 Å². The van der Waals surface area contributed by atoms with Crippen LogP contribution in [-0.4, -0.2) is 31.8 Å². The molecule has 3 aliphatic rings. The molecule has 0 radical (unpaired) electrons. The van der Waals surface area contributed by atoms with Crippen molar-refractivity contribution < 1.29 is 9.53 Å². The number of benzene rings is 2. The molecule has 29 heavy (non-hydrogen) atoms. The third kappa shape index (κ3) is 4.04. The minimum absolute atomic E-state index is 0.122. The number of amides is 1. The van der Waals surface area contributed by atoms with E-state index >= 15 is 0 Å². The first-order valence-electron chi connectivity index (χ1n) is 11.1. The van der Waals surface area contributed by atoms with Crippen LogP contribution in [0.25, 0.3) is 11.1 Å². The van der Waals surface area contributed by atoms with Gasteiger partial charge < -0.3 is 15.4 Å². The summed E-state index contributed by atoms with van der Waals surface area (Å²) >= 11 is 0. The predicted molar refractivity (Wildman–Crippen MR) is 115 cm³/mol. The van der Waals surface area contributed by atoms with Gasteiger partial charge in [-0.2, -0.15) is 0 Å². The fraction of sp³-hybridized carbons (Fsp3) is 0.480. The normalized spacial score (nSPS) is 23.3. The van der Waals surface area contributed by atoms with Gasteiger partial charge >= 0.3 is 6.09 Å². The lowest BCUT2D eigenvalue weighted by molar-refractivity contribution is 0.141. The molecule has 4 nitrogen and oxygen atoms in total. The highest BCUT2D eigenvalue weighted by Gasteiger charge is 2.34. The Morgan fingerprint density at radius 3 is 2.38 bits per heavy atom. The zero-order valence-electron chi connectivity index (χ0n) is 16.9. The van der Waals surface area contributed by atoms with Crippen LogP contribution in [0.1, 0.15) is 49.1 Å². The highest BCUT2D eigenvalue weighted by Crippen LogP contribution is 2.44. The molecule has 1 aliphatic heterocycles. The molecule has 2 N–H and O–H groups in total. The second-order valence-electron chi connectivity index (χ2n) is 8.83. The van der Waals surface area contributed by atoms with Crippen LogP contribution in [-0.2, 0) is 4.74 Å². The quantitative estimate of drug-likeness (QED) is 0.752. The summed E-state index contributed by atoms with van der Waals surface area (Å²) < 4.78 is 5.64. The van der Waals surface area contributed by atoms with Crippen LogP contribution in [0.4, 0.5) is 4.79 Å². The Morgan fingerprint density at radius 1 is 1.00 bits per heavy atom. The molecule has 2 atom stereocenters. The lowest BCUT2D eigenvalue weighted by atomic mass is 9.88. The number of hydrogen-bond acceptors (Lipinski definition) is 3. The number of carbonyl (C=O) groups is 1. The van der Waals surface area contributed by atoms with E-state index in [2.05, 4.69) is 59.2 Å². The van der Waals surface area contributed by atoms with E-state index in [1.165, 1.54) is 47.9 Å². The number of piperidine rings is 1. The molecule has 0 spiro atoms. The third-order valence-corrected chi connectivity index (χ3v) is 6.90. The average Bonchev–Trinajstić information content (AvgIpc) is 3.56. The molecular weight excluding hydrogens is 360 g/mol. The van der Waals surface area contributed by atoms with Crippen LogP contribution in [0.5, 0.6) is 0 Å².